The molecule has 0 saturated heterocycles. The Labute approximate surface area is 108 Å². The summed E-state index contributed by atoms with van der Waals surface area (Å²) in [5.74, 6) is 1.33. The Balaban J connectivity index is 2.45. The SMILES string of the molecule is COc1ccc(-c2onc(SC)c2/C=N\O)cc1. The second-order valence-corrected chi connectivity index (χ2v) is 4.20. The third-order valence-corrected chi connectivity index (χ3v) is 3.11. The number of hydrogen-bond donors (Lipinski definition) is 1. The van der Waals surface area contributed by atoms with Crippen LogP contribution < -0.4 is 4.74 Å². The molecule has 0 spiro atoms. The van der Waals surface area contributed by atoms with Crippen LogP contribution in [0.3, 0.4) is 0 Å². The summed E-state index contributed by atoms with van der Waals surface area (Å²) < 4.78 is 10.4. The van der Waals surface area contributed by atoms with Gasteiger partial charge in [0.15, 0.2) is 5.76 Å². The van der Waals surface area contributed by atoms with Crippen LogP contribution in [0.15, 0.2) is 39.0 Å². The second kappa shape index (κ2) is 5.59. The third-order valence-electron chi connectivity index (χ3n) is 2.43. The van der Waals surface area contributed by atoms with E-state index in [1.165, 1.54) is 18.0 Å². The van der Waals surface area contributed by atoms with E-state index in [9.17, 15) is 0 Å². The predicted octanol–water partition coefficient (Wildman–Crippen LogP) is 2.88. The monoisotopic (exact) mass is 264 g/mol. The molecule has 2 rings (SSSR count). The first-order valence-corrected chi connectivity index (χ1v) is 6.38. The number of methoxy groups -OCH3 is 1. The van der Waals surface area contributed by atoms with Gasteiger partial charge in [0.1, 0.15) is 10.8 Å². The fourth-order valence-electron chi connectivity index (χ4n) is 1.55. The molecule has 2 aromatic rings. The molecule has 0 atom stereocenters. The number of benzene rings is 1. The first-order chi connectivity index (χ1) is 8.80. The summed E-state index contributed by atoms with van der Waals surface area (Å²) in [7, 11) is 1.61. The Kier molecular flexibility index (Phi) is 3.88. The summed E-state index contributed by atoms with van der Waals surface area (Å²) in [5.41, 5.74) is 1.51. The minimum atomic E-state index is 0.569. The quantitative estimate of drug-likeness (QED) is 0.398. The summed E-state index contributed by atoms with van der Waals surface area (Å²) in [6, 6.07) is 7.38. The number of hydrogen-bond acceptors (Lipinski definition) is 6. The first-order valence-electron chi connectivity index (χ1n) is 5.15. The van der Waals surface area contributed by atoms with Gasteiger partial charge in [0.2, 0.25) is 0 Å². The van der Waals surface area contributed by atoms with Gasteiger partial charge in [-0.3, -0.25) is 0 Å². The van der Waals surface area contributed by atoms with Crippen LogP contribution in [0.4, 0.5) is 0 Å². The maximum atomic E-state index is 8.68. The van der Waals surface area contributed by atoms with E-state index in [1.807, 2.05) is 30.5 Å². The molecule has 1 aromatic carbocycles. The molecule has 0 saturated carbocycles. The topological polar surface area (TPSA) is 67.9 Å². The van der Waals surface area contributed by atoms with E-state index in [0.29, 0.717) is 16.3 Å². The Bertz CT molecular complexity index is 549. The van der Waals surface area contributed by atoms with Crippen molar-refractivity contribution in [1.29, 1.82) is 0 Å². The van der Waals surface area contributed by atoms with Gasteiger partial charge in [-0.2, -0.15) is 0 Å². The highest BCUT2D eigenvalue weighted by atomic mass is 32.2. The van der Waals surface area contributed by atoms with Crippen LogP contribution in [0, 0.1) is 0 Å². The molecule has 0 unspecified atom stereocenters. The molecule has 0 amide bonds. The van der Waals surface area contributed by atoms with Crippen molar-refractivity contribution in [2.75, 3.05) is 13.4 Å². The average Bonchev–Trinajstić information content (AvgIpc) is 2.82. The Morgan fingerprint density at radius 3 is 2.67 bits per heavy atom. The highest BCUT2D eigenvalue weighted by Gasteiger charge is 2.15. The molecule has 0 aliphatic carbocycles. The smallest absolute Gasteiger partial charge is 0.176 e. The Morgan fingerprint density at radius 1 is 1.39 bits per heavy atom. The molecule has 0 radical (unpaired) electrons. The lowest BCUT2D eigenvalue weighted by atomic mass is 10.1. The fourth-order valence-corrected chi connectivity index (χ4v) is 2.03. The van der Waals surface area contributed by atoms with E-state index in [0.717, 1.165) is 11.3 Å². The Hall–Kier alpha value is -1.95. The van der Waals surface area contributed by atoms with Gasteiger partial charge in [-0.25, -0.2) is 0 Å². The van der Waals surface area contributed by atoms with Crippen molar-refractivity contribution >= 4 is 18.0 Å². The van der Waals surface area contributed by atoms with Crippen LogP contribution in [-0.2, 0) is 0 Å². The van der Waals surface area contributed by atoms with Crippen molar-refractivity contribution in [3.63, 3.8) is 0 Å². The Morgan fingerprint density at radius 2 is 2.11 bits per heavy atom. The van der Waals surface area contributed by atoms with Gasteiger partial charge < -0.3 is 14.5 Å². The number of aromatic nitrogens is 1. The molecule has 5 nitrogen and oxygen atoms in total. The van der Waals surface area contributed by atoms with Crippen LogP contribution in [0.1, 0.15) is 5.56 Å². The van der Waals surface area contributed by atoms with Crippen molar-refractivity contribution in [3.8, 4) is 17.1 Å². The van der Waals surface area contributed by atoms with Crippen LogP contribution >= 0.6 is 11.8 Å². The highest BCUT2D eigenvalue weighted by molar-refractivity contribution is 7.98. The maximum Gasteiger partial charge on any atom is 0.176 e. The van der Waals surface area contributed by atoms with Gasteiger partial charge >= 0.3 is 0 Å². The van der Waals surface area contributed by atoms with Gasteiger partial charge in [-0.15, -0.1) is 11.8 Å². The molecule has 18 heavy (non-hydrogen) atoms. The number of nitrogens with zero attached hydrogens (tertiary/aromatic N) is 2. The van der Waals surface area contributed by atoms with Gasteiger partial charge in [0.25, 0.3) is 0 Å². The lowest BCUT2D eigenvalue weighted by molar-refractivity contribution is 0.321. The standard InChI is InChI=1S/C12H12N2O3S/c1-16-9-5-3-8(4-6-9)11-10(7-13-15)12(18-2)14-17-11/h3-7,15H,1-2H3/b13-7-. The summed E-state index contributed by atoms with van der Waals surface area (Å²) in [4.78, 5) is 0. The van der Waals surface area contributed by atoms with Gasteiger partial charge in [0, 0.05) is 5.56 Å². The average molecular weight is 264 g/mol. The van der Waals surface area contributed by atoms with Crippen molar-refractivity contribution in [2.24, 2.45) is 5.16 Å². The van der Waals surface area contributed by atoms with E-state index in [1.54, 1.807) is 7.11 Å². The summed E-state index contributed by atoms with van der Waals surface area (Å²) in [5, 5.41) is 16.3. The van der Waals surface area contributed by atoms with E-state index < -0.39 is 0 Å². The minimum Gasteiger partial charge on any atom is -0.497 e. The van der Waals surface area contributed by atoms with Crippen LogP contribution in [0.2, 0.25) is 0 Å². The molecule has 0 fully saturated rings. The molecule has 1 aromatic heterocycles. The van der Waals surface area contributed by atoms with Crippen LogP contribution in [0.5, 0.6) is 5.75 Å². The highest BCUT2D eigenvalue weighted by Crippen LogP contribution is 2.30. The first kappa shape index (κ1) is 12.5. The van der Waals surface area contributed by atoms with Crippen LogP contribution in [-0.4, -0.2) is 29.9 Å². The normalized spacial score (nSPS) is 11.0. The number of thioether (sulfide) groups is 1. The van der Waals surface area contributed by atoms with Gasteiger partial charge in [-0.1, -0.05) is 10.3 Å². The van der Waals surface area contributed by atoms with Crippen LogP contribution in [0.25, 0.3) is 11.3 Å². The minimum absolute atomic E-state index is 0.569. The molecular weight excluding hydrogens is 252 g/mol. The zero-order valence-corrected chi connectivity index (χ0v) is 10.8. The van der Waals surface area contributed by atoms with Crippen molar-refractivity contribution in [2.45, 2.75) is 5.03 Å². The van der Waals surface area contributed by atoms with Crippen molar-refractivity contribution in [3.05, 3.63) is 29.8 Å². The van der Waals surface area contributed by atoms with Gasteiger partial charge in [0.05, 0.1) is 18.9 Å². The lowest BCUT2D eigenvalue weighted by Crippen LogP contribution is -1.87. The third kappa shape index (κ3) is 2.33. The van der Waals surface area contributed by atoms with E-state index in [2.05, 4.69) is 10.3 Å². The lowest BCUT2D eigenvalue weighted by Gasteiger charge is -2.01. The molecule has 0 bridgehead atoms. The zero-order valence-electron chi connectivity index (χ0n) is 9.95. The molecule has 94 valence electrons. The summed E-state index contributed by atoms with van der Waals surface area (Å²) >= 11 is 1.43. The van der Waals surface area contributed by atoms with E-state index >= 15 is 0 Å². The largest absolute Gasteiger partial charge is 0.497 e. The molecule has 0 aliphatic rings. The van der Waals surface area contributed by atoms with E-state index in [4.69, 9.17) is 14.5 Å². The maximum absolute atomic E-state index is 8.68. The number of oxime groups is 1. The number of rotatable bonds is 4. The fraction of sp³-hybridized carbons (Fsp3) is 0.167. The number of ether oxygens (including phenoxy) is 1. The molecular formula is C12H12N2O3S. The summed E-state index contributed by atoms with van der Waals surface area (Å²) in [6.45, 7) is 0. The molecule has 6 heteroatoms. The summed E-state index contributed by atoms with van der Waals surface area (Å²) in [6.07, 6.45) is 3.20. The van der Waals surface area contributed by atoms with Crippen molar-refractivity contribution < 1.29 is 14.5 Å². The predicted molar refractivity (Wildman–Crippen MR) is 69.7 cm³/mol. The zero-order chi connectivity index (χ0) is 13.0. The van der Waals surface area contributed by atoms with Gasteiger partial charge in [-0.05, 0) is 30.5 Å². The van der Waals surface area contributed by atoms with Crippen molar-refractivity contribution in [1.82, 2.24) is 5.16 Å². The molecule has 0 aliphatic heterocycles. The molecule has 1 N–H and O–H groups in total. The van der Waals surface area contributed by atoms with E-state index in [-0.39, 0.29) is 0 Å². The second-order valence-electron chi connectivity index (χ2n) is 3.41. The molecule has 1 heterocycles.